The molecule has 2 unspecified atom stereocenters. The summed E-state index contributed by atoms with van der Waals surface area (Å²) < 4.78 is 1.95. The Bertz CT molecular complexity index is 849. The van der Waals surface area contributed by atoms with Gasteiger partial charge in [-0.2, -0.15) is 11.8 Å². The van der Waals surface area contributed by atoms with Gasteiger partial charge in [0.1, 0.15) is 0 Å². The Morgan fingerprint density at radius 1 is 1.15 bits per heavy atom. The molecule has 6 heteroatoms. The standard InChI is InChI=1S/C20H24N4OS/c1-15(16-8-4-3-5-9-16)14-19(25)21-17(11-13-26-2)20-23-22-18-10-6-7-12-24(18)20/h3-10,12,15,17H,11,13-14H2,1-2H3,(H,21,25). The van der Waals surface area contributed by atoms with Crippen molar-refractivity contribution < 1.29 is 4.79 Å². The smallest absolute Gasteiger partial charge is 0.221 e. The number of carbonyl (C=O) groups is 1. The van der Waals surface area contributed by atoms with Gasteiger partial charge in [-0.1, -0.05) is 43.3 Å². The number of nitrogens with zero attached hydrogens (tertiary/aromatic N) is 3. The van der Waals surface area contributed by atoms with Gasteiger partial charge in [0.05, 0.1) is 6.04 Å². The Morgan fingerprint density at radius 2 is 1.92 bits per heavy atom. The first-order chi connectivity index (χ1) is 12.7. The number of amides is 1. The van der Waals surface area contributed by atoms with E-state index in [1.807, 2.05) is 47.0 Å². The number of carbonyl (C=O) groups excluding carboxylic acids is 1. The van der Waals surface area contributed by atoms with E-state index in [2.05, 4.69) is 40.8 Å². The van der Waals surface area contributed by atoms with E-state index >= 15 is 0 Å². The van der Waals surface area contributed by atoms with E-state index < -0.39 is 0 Å². The summed E-state index contributed by atoms with van der Waals surface area (Å²) in [6.07, 6.45) is 5.28. The summed E-state index contributed by atoms with van der Waals surface area (Å²) in [5, 5.41) is 11.7. The van der Waals surface area contributed by atoms with Gasteiger partial charge in [0, 0.05) is 12.6 Å². The summed E-state index contributed by atoms with van der Waals surface area (Å²) in [5.74, 6) is 1.95. The van der Waals surface area contributed by atoms with E-state index in [0.29, 0.717) is 6.42 Å². The average Bonchev–Trinajstić information content (AvgIpc) is 3.10. The maximum absolute atomic E-state index is 12.7. The largest absolute Gasteiger partial charge is 0.346 e. The highest BCUT2D eigenvalue weighted by molar-refractivity contribution is 7.98. The van der Waals surface area contributed by atoms with Crippen LogP contribution in [0.5, 0.6) is 0 Å². The molecule has 2 heterocycles. The zero-order valence-electron chi connectivity index (χ0n) is 15.1. The maximum Gasteiger partial charge on any atom is 0.221 e. The number of hydrogen-bond acceptors (Lipinski definition) is 4. The van der Waals surface area contributed by atoms with Crippen LogP contribution in [0.4, 0.5) is 0 Å². The molecule has 136 valence electrons. The van der Waals surface area contributed by atoms with E-state index in [-0.39, 0.29) is 17.9 Å². The molecule has 1 aromatic carbocycles. The van der Waals surface area contributed by atoms with Crippen LogP contribution >= 0.6 is 11.8 Å². The van der Waals surface area contributed by atoms with Gasteiger partial charge in [-0.15, -0.1) is 10.2 Å². The van der Waals surface area contributed by atoms with Gasteiger partial charge in [0.15, 0.2) is 11.5 Å². The fourth-order valence-corrected chi connectivity index (χ4v) is 3.50. The summed E-state index contributed by atoms with van der Waals surface area (Å²) in [5.41, 5.74) is 1.97. The van der Waals surface area contributed by atoms with Crippen LogP contribution in [0.15, 0.2) is 54.7 Å². The van der Waals surface area contributed by atoms with Crippen LogP contribution < -0.4 is 5.32 Å². The number of hydrogen-bond donors (Lipinski definition) is 1. The summed E-state index contributed by atoms with van der Waals surface area (Å²) in [6.45, 7) is 2.08. The third-order valence-electron chi connectivity index (χ3n) is 4.46. The molecule has 0 aliphatic carbocycles. The summed E-state index contributed by atoms with van der Waals surface area (Å²) >= 11 is 1.76. The lowest BCUT2D eigenvalue weighted by Gasteiger charge is -2.19. The lowest BCUT2D eigenvalue weighted by molar-refractivity contribution is -0.122. The molecular formula is C20H24N4OS. The van der Waals surface area contributed by atoms with Crippen molar-refractivity contribution in [3.63, 3.8) is 0 Å². The molecule has 0 spiro atoms. The van der Waals surface area contributed by atoms with Crippen LogP contribution in [0.25, 0.3) is 5.65 Å². The van der Waals surface area contributed by atoms with Gasteiger partial charge in [-0.25, -0.2) is 0 Å². The van der Waals surface area contributed by atoms with Crippen LogP contribution in [-0.2, 0) is 4.79 Å². The van der Waals surface area contributed by atoms with Crippen molar-refractivity contribution in [2.45, 2.75) is 31.7 Å². The highest BCUT2D eigenvalue weighted by Crippen LogP contribution is 2.21. The van der Waals surface area contributed by atoms with Crippen molar-refractivity contribution in [3.8, 4) is 0 Å². The van der Waals surface area contributed by atoms with Gasteiger partial charge in [0.2, 0.25) is 5.91 Å². The molecule has 0 aliphatic rings. The van der Waals surface area contributed by atoms with Crippen molar-refractivity contribution >= 4 is 23.3 Å². The van der Waals surface area contributed by atoms with Gasteiger partial charge in [0.25, 0.3) is 0 Å². The van der Waals surface area contributed by atoms with E-state index in [1.165, 1.54) is 5.56 Å². The van der Waals surface area contributed by atoms with E-state index in [1.54, 1.807) is 11.8 Å². The van der Waals surface area contributed by atoms with Crippen molar-refractivity contribution in [1.29, 1.82) is 0 Å². The molecule has 3 rings (SSSR count). The maximum atomic E-state index is 12.7. The molecule has 0 fully saturated rings. The quantitative estimate of drug-likeness (QED) is 0.656. The molecule has 2 atom stereocenters. The molecule has 1 N–H and O–H groups in total. The first-order valence-electron chi connectivity index (χ1n) is 8.82. The van der Waals surface area contributed by atoms with E-state index in [0.717, 1.165) is 23.6 Å². The van der Waals surface area contributed by atoms with Crippen molar-refractivity contribution in [2.75, 3.05) is 12.0 Å². The highest BCUT2D eigenvalue weighted by Gasteiger charge is 2.21. The Labute approximate surface area is 158 Å². The fraction of sp³-hybridized carbons (Fsp3) is 0.350. The topological polar surface area (TPSA) is 59.3 Å². The fourth-order valence-electron chi connectivity index (χ4n) is 3.03. The first kappa shape index (κ1) is 18.5. The van der Waals surface area contributed by atoms with Crippen molar-refractivity contribution in [1.82, 2.24) is 19.9 Å². The molecule has 1 amide bonds. The average molecular weight is 369 g/mol. The van der Waals surface area contributed by atoms with Crippen LogP contribution in [0.3, 0.4) is 0 Å². The molecule has 2 aromatic heterocycles. The molecule has 26 heavy (non-hydrogen) atoms. The second-order valence-corrected chi connectivity index (χ2v) is 7.39. The van der Waals surface area contributed by atoms with Gasteiger partial charge >= 0.3 is 0 Å². The first-order valence-corrected chi connectivity index (χ1v) is 10.2. The molecule has 5 nitrogen and oxygen atoms in total. The number of benzene rings is 1. The van der Waals surface area contributed by atoms with Crippen LogP contribution in [0.2, 0.25) is 0 Å². The zero-order chi connectivity index (χ0) is 18.4. The number of nitrogens with one attached hydrogen (secondary N) is 1. The molecule has 0 aliphatic heterocycles. The van der Waals surface area contributed by atoms with E-state index in [4.69, 9.17) is 0 Å². The summed E-state index contributed by atoms with van der Waals surface area (Å²) in [7, 11) is 0. The molecule has 0 bridgehead atoms. The monoisotopic (exact) mass is 368 g/mol. The van der Waals surface area contributed by atoms with Gasteiger partial charge < -0.3 is 5.32 Å². The predicted molar refractivity (Wildman–Crippen MR) is 106 cm³/mol. The van der Waals surface area contributed by atoms with Crippen LogP contribution in [-0.4, -0.2) is 32.5 Å². The number of pyridine rings is 1. The number of fused-ring (bicyclic) bond motifs is 1. The summed E-state index contributed by atoms with van der Waals surface area (Å²) in [4.78, 5) is 12.7. The Hall–Kier alpha value is -2.34. The van der Waals surface area contributed by atoms with Crippen LogP contribution in [0.1, 0.15) is 43.1 Å². The summed E-state index contributed by atoms with van der Waals surface area (Å²) in [6, 6.07) is 15.8. The zero-order valence-corrected chi connectivity index (χ0v) is 15.9. The second-order valence-electron chi connectivity index (χ2n) is 6.40. The Balaban J connectivity index is 1.73. The van der Waals surface area contributed by atoms with Crippen LogP contribution in [0, 0.1) is 0 Å². The Kier molecular flexibility index (Phi) is 6.28. The number of rotatable bonds is 8. The van der Waals surface area contributed by atoms with E-state index in [9.17, 15) is 4.79 Å². The molecule has 0 radical (unpaired) electrons. The third kappa shape index (κ3) is 4.43. The predicted octanol–water partition coefficient (Wildman–Crippen LogP) is 3.83. The molecule has 0 saturated heterocycles. The van der Waals surface area contributed by atoms with Gasteiger partial charge in [-0.05, 0) is 42.0 Å². The molecule has 3 aromatic rings. The Morgan fingerprint density at radius 3 is 2.69 bits per heavy atom. The lowest BCUT2D eigenvalue weighted by atomic mass is 9.97. The van der Waals surface area contributed by atoms with Crippen molar-refractivity contribution in [3.05, 3.63) is 66.1 Å². The second kappa shape index (κ2) is 8.85. The minimum Gasteiger partial charge on any atom is -0.346 e. The van der Waals surface area contributed by atoms with Crippen molar-refractivity contribution in [2.24, 2.45) is 0 Å². The minimum atomic E-state index is -0.143. The van der Waals surface area contributed by atoms with Gasteiger partial charge in [-0.3, -0.25) is 9.20 Å². The molecular weight excluding hydrogens is 344 g/mol. The normalized spacial score (nSPS) is 13.5. The number of aromatic nitrogens is 3. The highest BCUT2D eigenvalue weighted by atomic mass is 32.2. The SMILES string of the molecule is CSCCC(NC(=O)CC(C)c1ccccc1)c1nnc2ccccn12. The minimum absolute atomic E-state index is 0.0418. The molecule has 0 saturated carbocycles. The number of thioether (sulfide) groups is 1. The lowest BCUT2D eigenvalue weighted by Crippen LogP contribution is -2.31. The third-order valence-corrected chi connectivity index (χ3v) is 5.10.